The van der Waals surface area contributed by atoms with Crippen LogP contribution in [0.3, 0.4) is 0 Å². The van der Waals surface area contributed by atoms with Crippen LogP contribution in [0.1, 0.15) is 286 Å². The Kier molecular flexibility index (Phi) is 35.9. The number of hydrogen-bond acceptors (Lipinski definition) is 10. The largest absolute Gasteiger partial charge is 0.491 e. The van der Waals surface area contributed by atoms with Gasteiger partial charge in [-0.2, -0.15) is 0 Å². The van der Waals surface area contributed by atoms with Crippen molar-refractivity contribution in [2.75, 3.05) is 13.2 Å². The fraction of sp³-hybridized carbons (Fsp3) is 0.541. The summed E-state index contributed by atoms with van der Waals surface area (Å²) in [6.07, 6.45) is 46.4. The lowest BCUT2D eigenvalue weighted by Crippen LogP contribution is -2.11. The van der Waals surface area contributed by atoms with Gasteiger partial charge >= 0.3 is 23.9 Å². The summed E-state index contributed by atoms with van der Waals surface area (Å²) in [6.45, 7) is 5.32. The Morgan fingerprint density at radius 1 is 0.279 bits per heavy atom. The van der Waals surface area contributed by atoms with Crippen LogP contribution in [0.2, 0.25) is 0 Å². The third-order valence-corrected chi connectivity index (χ3v) is 15.7. The number of unbranched alkanes of at least 4 members (excludes halogenated alkanes) is 34. The standard InChI is InChI=1S/C74H100F2O10/c1-3-5-7-9-11-13-15-17-19-21-23-25-27-29-31-33-35-37-54-81-69-52-46-61(56-67(69)75)73(79)83-63-48-42-59(43-49-63)71(77)85-65-40-39-41-66(58-65)86-72(78)60-44-50-64(51-45-60)84-74(80)62-47-53-70(68(76)57-62)82-55-38-36-34-32-30-28-26-24-22-20-18-16-14-12-10-8-6-4-2/h39-53,56-58H,3-38,54-55H2,1-2H3. The van der Waals surface area contributed by atoms with Crippen LogP contribution in [0, 0.1) is 11.6 Å². The van der Waals surface area contributed by atoms with Gasteiger partial charge in [0.15, 0.2) is 23.1 Å². The molecule has 0 bridgehead atoms. The second-order valence-corrected chi connectivity index (χ2v) is 23.1. The summed E-state index contributed by atoms with van der Waals surface area (Å²) in [5.41, 5.74) is 0.306. The quantitative estimate of drug-likeness (QED) is 0.0211. The topological polar surface area (TPSA) is 124 Å². The molecule has 10 nitrogen and oxygen atoms in total. The predicted octanol–water partition coefficient (Wildman–Crippen LogP) is 21.7. The van der Waals surface area contributed by atoms with E-state index in [9.17, 15) is 28.0 Å². The molecule has 0 aromatic heterocycles. The molecule has 0 saturated carbocycles. The maximum atomic E-state index is 14.9. The second-order valence-electron chi connectivity index (χ2n) is 23.1. The molecule has 0 amide bonds. The first-order valence-corrected chi connectivity index (χ1v) is 33.2. The number of esters is 4. The second kappa shape index (κ2) is 44.0. The SMILES string of the molecule is CCCCCCCCCCCCCCCCCCCCOc1ccc(C(=O)Oc2ccc(C(=O)Oc3cccc(OC(=O)c4ccc(OC(=O)c5ccc(OCCCCCCCCCCCCCCCCCCCC)c(F)c5)cc4)c3)cc2)cc1F. The third kappa shape index (κ3) is 29.7. The van der Waals surface area contributed by atoms with Crippen molar-refractivity contribution in [2.24, 2.45) is 0 Å². The van der Waals surface area contributed by atoms with Crippen molar-refractivity contribution < 1.29 is 56.4 Å². The van der Waals surface area contributed by atoms with Crippen molar-refractivity contribution >= 4 is 23.9 Å². The minimum atomic E-state index is -0.777. The molecule has 5 aromatic rings. The molecule has 0 N–H and O–H groups in total. The molecule has 0 unspecified atom stereocenters. The first kappa shape index (κ1) is 70.2. The van der Waals surface area contributed by atoms with Crippen LogP contribution in [-0.4, -0.2) is 37.1 Å². The summed E-state index contributed by atoms with van der Waals surface area (Å²) in [4.78, 5) is 51.9. The fourth-order valence-electron chi connectivity index (χ4n) is 10.4. The Balaban J connectivity index is 0.904. The van der Waals surface area contributed by atoms with E-state index in [0.29, 0.717) is 13.2 Å². The van der Waals surface area contributed by atoms with Gasteiger partial charge in [0, 0.05) is 6.07 Å². The lowest BCUT2D eigenvalue weighted by Gasteiger charge is -2.10. The Hall–Kier alpha value is -6.56. The van der Waals surface area contributed by atoms with Gasteiger partial charge in [-0.15, -0.1) is 0 Å². The van der Waals surface area contributed by atoms with Crippen LogP contribution in [0.25, 0.3) is 0 Å². The highest BCUT2D eigenvalue weighted by Gasteiger charge is 2.18. The molecule has 0 atom stereocenters. The van der Waals surface area contributed by atoms with E-state index >= 15 is 0 Å². The average molecular weight is 1190 g/mol. The molecule has 0 spiro atoms. The molecule has 5 rings (SSSR count). The Morgan fingerprint density at radius 2 is 0.523 bits per heavy atom. The van der Waals surface area contributed by atoms with Gasteiger partial charge in [0.2, 0.25) is 0 Å². The normalized spacial score (nSPS) is 11.1. The van der Waals surface area contributed by atoms with Gasteiger partial charge < -0.3 is 28.4 Å². The minimum Gasteiger partial charge on any atom is -0.491 e. The monoisotopic (exact) mass is 1190 g/mol. The Morgan fingerprint density at radius 3 is 0.802 bits per heavy atom. The number of rotatable bonds is 48. The number of hydrogen-bond donors (Lipinski definition) is 0. The van der Waals surface area contributed by atoms with Crippen molar-refractivity contribution in [3.05, 3.63) is 143 Å². The van der Waals surface area contributed by atoms with E-state index in [0.717, 1.165) is 50.7 Å². The van der Waals surface area contributed by atoms with Crippen molar-refractivity contribution in [3.8, 4) is 34.5 Å². The zero-order valence-electron chi connectivity index (χ0n) is 52.1. The van der Waals surface area contributed by atoms with E-state index in [1.165, 1.54) is 284 Å². The highest BCUT2D eigenvalue weighted by Crippen LogP contribution is 2.27. The van der Waals surface area contributed by atoms with Crippen molar-refractivity contribution in [1.29, 1.82) is 0 Å². The number of benzene rings is 5. The molecular formula is C74H100F2O10. The first-order chi connectivity index (χ1) is 42.1. The molecule has 0 aliphatic rings. The van der Waals surface area contributed by atoms with E-state index in [-0.39, 0.29) is 56.8 Å². The van der Waals surface area contributed by atoms with E-state index in [1.54, 1.807) is 6.07 Å². The van der Waals surface area contributed by atoms with Crippen LogP contribution in [-0.2, 0) is 0 Å². The molecule has 0 heterocycles. The number of halogens is 2. The molecule has 470 valence electrons. The lowest BCUT2D eigenvalue weighted by atomic mass is 10.0. The number of ether oxygens (including phenoxy) is 6. The lowest BCUT2D eigenvalue weighted by molar-refractivity contribution is 0.0722. The summed E-state index contributed by atoms with van der Waals surface area (Å²) in [5.74, 6) is -3.69. The zero-order chi connectivity index (χ0) is 61.1. The van der Waals surface area contributed by atoms with Gasteiger partial charge in [0.25, 0.3) is 0 Å². The minimum absolute atomic E-state index is 0.00698. The maximum Gasteiger partial charge on any atom is 0.343 e. The van der Waals surface area contributed by atoms with Gasteiger partial charge in [0.1, 0.15) is 23.0 Å². The summed E-state index contributed by atoms with van der Waals surface area (Å²) < 4.78 is 63.2. The molecule has 0 aliphatic heterocycles. The van der Waals surface area contributed by atoms with E-state index < -0.39 is 35.5 Å². The van der Waals surface area contributed by atoms with Crippen molar-refractivity contribution in [2.45, 2.75) is 245 Å². The molecule has 12 heteroatoms. The van der Waals surface area contributed by atoms with E-state index in [4.69, 9.17) is 28.4 Å². The predicted molar refractivity (Wildman–Crippen MR) is 341 cm³/mol. The van der Waals surface area contributed by atoms with Crippen molar-refractivity contribution in [1.82, 2.24) is 0 Å². The van der Waals surface area contributed by atoms with E-state index in [1.807, 2.05) is 0 Å². The van der Waals surface area contributed by atoms with E-state index in [2.05, 4.69) is 13.8 Å². The third-order valence-electron chi connectivity index (χ3n) is 15.7. The molecule has 0 saturated heterocycles. The Bertz CT molecular complexity index is 2490. The first-order valence-electron chi connectivity index (χ1n) is 33.2. The maximum absolute atomic E-state index is 14.9. The number of carbonyl (C=O) groups is 4. The van der Waals surface area contributed by atoms with Crippen LogP contribution in [0.5, 0.6) is 34.5 Å². The van der Waals surface area contributed by atoms with Gasteiger partial charge in [0.05, 0.1) is 35.5 Å². The van der Waals surface area contributed by atoms with Crippen LogP contribution >= 0.6 is 0 Å². The van der Waals surface area contributed by atoms with Gasteiger partial charge in [-0.05, 0) is 110 Å². The number of carbonyl (C=O) groups excluding carboxylic acids is 4. The smallest absolute Gasteiger partial charge is 0.343 e. The highest BCUT2D eigenvalue weighted by atomic mass is 19.1. The molecule has 0 fully saturated rings. The summed E-state index contributed by atoms with van der Waals surface area (Å²) in [7, 11) is 0. The van der Waals surface area contributed by atoms with Crippen LogP contribution < -0.4 is 28.4 Å². The van der Waals surface area contributed by atoms with Crippen LogP contribution in [0.4, 0.5) is 8.78 Å². The average Bonchev–Trinajstić information content (AvgIpc) is 3.72. The van der Waals surface area contributed by atoms with Gasteiger partial charge in [-0.25, -0.2) is 28.0 Å². The summed E-state index contributed by atoms with van der Waals surface area (Å²) in [6, 6.07) is 25.2. The summed E-state index contributed by atoms with van der Waals surface area (Å²) in [5, 5.41) is 0. The molecular weight excluding hydrogens is 1090 g/mol. The van der Waals surface area contributed by atoms with Gasteiger partial charge in [-0.3, -0.25) is 0 Å². The van der Waals surface area contributed by atoms with Crippen molar-refractivity contribution in [3.63, 3.8) is 0 Å². The molecule has 5 aromatic carbocycles. The summed E-state index contributed by atoms with van der Waals surface area (Å²) >= 11 is 0. The van der Waals surface area contributed by atoms with Gasteiger partial charge in [-0.1, -0.05) is 238 Å². The van der Waals surface area contributed by atoms with Crippen LogP contribution in [0.15, 0.2) is 109 Å². The molecule has 0 radical (unpaired) electrons. The highest BCUT2D eigenvalue weighted by molar-refractivity contribution is 5.94. The molecule has 0 aliphatic carbocycles. The Labute approximate surface area is 513 Å². The fourth-order valence-corrected chi connectivity index (χ4v) is 10.4. The zero-order valence-corrected chi connectivity index (χ0v) is 52.1. The molecule has 86 heavy (non-hydrogen) atoms.